The molecule has 0 radical (unpaired) electrons. The summed E-state index contributed by atoms with van der Waals surface area (Å²) < 4.78 is 16.0. The highest BCUT2D eigenvalue weighted by atomic mass is 16.6. The van der Waals surface area contributed by atoms with Crippen LogP contribution in [0.4, 0.5) is 9.59 Å². The number of pyridine rings is 1. The standard InChI is InChI=1S/C26H41N3O9/c1-23(2,3)36-20(33)26(10,29-22(35)38-25(7,8)9)18-15(13-27-14-17(18)30)11-12-16(19(31)32)28-21(34)37-24(4,5)6/h13-14,16,30H,11-12H2,1-10H3,(H,28,34)(H,29,35)(H,31,32). The average molecular weight is 540 g/mol. The van der Waals surface area contributed by atoms with Crippen molar-refractivity contribution in [3.63, 3.8) is 0 Å². The molecule has 38 heavy (non-hydrogen) atoms. The molecule has 12 nitrogen and oxygen atoms in total. The molecule has 2 atom stereocenters. The lowest BCUT2D eigenvalue weighted by atomic mass is 9.86. The number of carboxylic acids is 1. The Morgan fingerprint density at radius 2 is 1.34 bits per heavy atom. The molecule has 0 aromatic carbocycles. The Bertz CT molecular complexity index is 1040. The Kier molecular flexibility index (Phi) is 10.1. The van der Waals surface area contributed by atoms with Crippen LogP contribution in [-0.4, -0.2) is 62.2 Å². The van der Waals surface area contributed by atoms with Crippen LogP contribution in [0.25, 0.3) is 0 Å². The van der Waals surface area contributed by atoms with Crippen LogP contribution in [0.2, 0.25) is 0 Å². The van der Waals surface area contributed by atoms with E-state index in [0.717, 1.165) is 6.20 Å². The third kappa shape index (κ3) is 10.4. The maximum absolute atomic E-state index is 13.4. The van der Waals surface area contributed by atoms with Crippen LogP contribution < -0.4 is 10.6 Å². The van der Waals surface area contributed by atoms with E-state index in [4.69, 9.17) is 14.2 Å². The summed E-state index contributed by atoms with van der Waals surface area (Å²) in [5, 5.41) is 25.3. The van der Waals surface area contributed by atoms with Gasteiger partial charge in [0, 0.05) is 11.8 Å². The number of aliphatic carboxylic acids is 1. The fourth-order valence-electron chi connectivity index (χ4n) is 3.37. The fraction of sp³-hybridized carbons (Fsp3) is 0.654. The first kappa shape index (κ1) is 32.5. The Morgan fingerprint density at radius 1 is 0.842 bits per heavy atom. The second kappa shape index (κ2) is 11.9. The minimum Gasteiger partial charge on any atom is -0.506 e. The van der Waals surface area contributed by atoms with Crippen molar-refractivity contribution < 1.29 is 43.6 Å². The van der Waals surface area contributed by atoms with Crippen molar-refractivity contribution in [1.82, 2.24) is 15.6 Å². The summed E-state index contributed by atoms with van der Waals surface area (Å²) in [5.74, 6) is -2.63. The Balaban J connectivity index is 3.44. The van der Waals surface area contributed by atoms with Gasteiger partial charge in [-0.25, -0.2) is 19.2 Å². The second-order valence-electron chi connectivity index (χ2n) is 12.0. The summed E-state index contributed by atoms with van der Waals surface area (Å²) in [6.07, 6.45) is 0.362. The van der Waals surface area contributed by atoms with Crippen LogP contribution in [-0.2, 0) is 35.8 Å². The molecule has 214 valence electrons. The zero-order chi connectivity index (χ0) is 29.7. The monoisotopic (exact) mass is 539 g/mol. The van der Waals surface area contributed by atoms with E-state index < -0.39 is 58.3 Å². The van der Waals surface area contributed by atoms with Gasteiger partial charge in [-0.3, -0.25) is 4.98 Å². The number of aromatic nitrogens is 1. The number of nitrogens with zero attached hydrogens (tertiary/aromatic N) is 1. The average Bonchev–Trinajstić information content (AvgIpc) is 2.66. The number of aryl methyl sites for hydroxylation is 1. The van der Waals surface area contributed by atoms with Crippen molar-refractivity contribution in [1.29, 1.82) is 0 Å². The van der Waals surface area contributed by atoms with Crippen LogP contribution in [0.1, 0.15) is 86.8 Å². The number of ether oxygens (including phenoxy) is 3. The largest absolute Gasteiger partial charge is 0.506 e. The van der Waals surface area contributed by atoms with Gasteiger partial charge in [0.15, 0.2) is 5.54 Å². The molecule has 0 saturated heterocycles. The number of hydrogen-bond acceptors (Lipinski definition) is 9. The van der Waals surface area contributed by atoms with E-state index >= 15 is 0 Å². The predicted octanol–water partition coefficient (Wildman–Crippen LogP) is 3.78. The summed E-state index contributed by atoms with van der Waals surface area (Å²) in [7, 11) is 0. The number of rotatable bonds is 8. The highest BCUT2D eigenvalue weighted by Gasteiger charge is 2.45. The quantitative estimate of drug-likeness (QED) is 0.281. The van der Waals surface area contributed by atoms with E-state index in [1.165, 1.54) is 13.1 Å². The molecule has 2 unspecified atom stereocenters. The molecule has 12 heteroatoms. The van der Waals surface area contributed by atoms with Crippen LogP contribution in [0, 0.1) is 0 Å². The van der Waals surface area contributed by atoms with Crippen molar-refractivity contribution in [2.75, 3.05) is 0 Å². The van der Waals surface area contributed by atoms with Crippen LogP contribution in [0.5, 0.6) is 5.75 Å². The number of carboxylic acid groups (broad SMARTS) is 1. The molecule has 0 spiro atoms. The van der Waals surface area contributed by atoms with Gasteiger partial charge in [-0.15, -0.1) is 0 Å². The number of esters is 1. The smallest absolute Gasteiger partial charge is 0.408 e. The van der Waals surface area contributed by atoms with Gasteiger partial charge in [0.2, 0.25) is 0 Å². The summed E-state index contributed by atoms with van der Waals surface area (Å²) in [4.78, 5) is 54.1. The highest BCUT2D eigenvalue weighted by molar-refractivity contribution is 5.88. The van der Waals surface area contributed by atoms with Crippen molar-refractivity contribution in [3.8, 4) is 5.75 Å². The van der Waals surface area contributed by atoms with Gasteiger partial charge in [0.05, 0.1) is 6.20 Å². The number of carbonyl (C=O) groups is 4. The van der Waals surface area contributed by atoms with Gasteiger partial charge in [0.25, 0.3) is 0 Å². The summed E-state index contributed by atoms with van der Waals surface area (Å²) in [6.45, 7) is 16.1. The molecular formula is C26H41N3O9. The van der Waals surface area contributed by atoms with Gasteiger partial charge in [0.1, 0.15) is 28.6 Å². The van der Waals surface area contributed by atoms with Gasteiger partial charge in [-0.1, -0.05) is 0 Å². The molecule has 1 heterocycles. The topological polar surface area (TPSA) is 173 Å². The normalized spacial score (nSPS) is 14.5. The number of carbonyl (C=O) groups excluding carboxylic acids is 3. The molecule has 0 aliphatic rings. The van der Waals surface area contributed by atoms with Crippen LogP contribution >= 0.6 is 0 Å². The summed E-state index contributed by atoms with van der Waals surface area (Å²) in [6, 6.07) is -1.35. The van der Waals surface area contributed by atoms with Crippen molar-refractivity contribution in [2.24, 2.45) is 0 Å². The van der Waals surface area contributed by atoms with E-state index in [9.17, 15) is 29.4 Å². The van der Waals surface area contributed by atoms with Gasteiger partial charge in [-0.05, 0) is 87.6 Å². The molecule has 1 rings (SSSR count). The van der Waals surface area contributed by atoms with Gasteiger partial charge >= 0.3 is 24.1 Å². The van der Waals surface area contributed by atoms with Crippen molar-refractivity contribution in [2.45, 2.75) is 110 Å². The number of nitrogens with one attached hydrogen (secondary N) is 2. The predicted molar refractivity (Wildman–Crippen MR) is 138 cm³/mol. The summed E-state index contributed by atoms with van der Waals surface area (Å²) in [5.41, 5.74) is -4.42. The molecule has 0 saturated carbocycles. The van der Waals surface area contributed by atoms with Crippen molar-refractivity contribution in [3.05, 3.63) is 23.5 Å². The van der Waals surface area contributed by atoms with E-state index in [2.05, 4.69) is 15.6 Å². The maximum Gasteiger partial charge on any atom is 0.408 e. The van der Waals surface area contributed by atoms with Gasteiger partial charge in [-0.2, -0.15) is 0 Å². The highest BCUT2D eigenvalue weighted by Crippen LogP contribution is 2.35. The minimum absolute atomic E-state index is 0.0472. The molecule has 1 aromatic rings. The SMILES string of the molecule is CC(C)(C)OC(=O)NC(CCc1cncc(O)c1C(C)(NC(=O)OC(C)(C)C)C(=O)OC(C)(C)C)C(=O)O. The maximum atomic E-state index is 13.4. The van der Waals surface area contributed by atoms with E-state index in [1.807, 2.05) is 0 Å². The second-order valence-corrected chi connectivity index (χ2v) is 12.0. The molecule has 0 fully saturated rings. The first-order valence-electron chi connectivity index (χ1n) is 12.2. The molecule has 2 amide bonds. The Labute approximate surface area is 223 Å². The van der Waals surface area contributed by atoms with Crippen molar-refractivity contribution >= 4 is 24.1 Å². The van der Waals surface area contributed by atoms with E-state index in [-0.39, 0.29) is 24.0 Å². The minimum atomic E-state index is -1.95. The third-order valence-corrected chi connectivity index (χ3v) is 4.75. The third-order valence-electron chi connectivity index (χ3n) is 4.75. The van der Waals surface area contributed by atoms with E-state index in [1.54, 1.807) is 62.3 Å². The zero-order valence-electron chi connectivity index (χ0n) is 23.8. The van der Waals surface area contributed by atoms with E-state index in [0.29, 0.717) is 0 Å². The lowest BCUT2D eigenvalue weighted by Gasteiger charge is -2.34. The number of amides is 2. The van der Waals surface area contributed by atoms with Crippen LogP contribution in [0.3, 0.4) is 0 Å². The number of alkyl carbamates (subject to hydrolysis) is 2. The Hall–Kier alpha value is -3.57. The molecule has 0 aliphatic carbocycles. The van der Waals surface area contributed by atoms with Crippen LogP contribution in [0.15, 0.2) is 12.4 Å². The number of hydrogen-bond donors (Lipinski definition) is 4. The number of aromatic hydroxyl groups is 1. The molecular weight excluding hydrogens is 498 g/mol. The van der Waals surface area contributed by atoms with Gasteiger partial charge < -0.3 is 35.1 Å². The first-order chi connectivity index (χ1) is 17.0. The molecule has 4 N–H and O–H groups in total. The molecule has 1 aromatic heterocycles. The zero-order valence-corrected chi connectivity index (χ0v) is 23.8. The molecule has 0 aliphatic heterocycles. The Morgan fingerprint density at radius 3 is 1.82 bits per heavy atom. The lowest BCUT2D eigenvalue weighted by Crippen LogP contribution is -2.53. The lowest BCUT2D eigenvalue weighted by molar-refractivity contribution is -0.163. The fourth-order valence-corrected chi connectivity index (χ4v) is 3.37. The first-order valence-corrected chi connectivity index (χ1v) is 12.2. The molecule has 0 bridgehead atoms. The summed E-state index contributed by atoms with van der Waals surface area (Å²) >= 11 is 0.